The van der Waals surface area contributed by atoms with Crippen molar-refractivity contribution in [2.24, 2.45) is 0 Å². The van der Waals surface area contributed by atoms with Crippen molar-refractivity contribution in [3.05, 3.63) is 64.7 Å². The number of aryl methyl sites for hydroxylation is 1. The van der Waals surface area contributed by atoms with Gasteiger partial charge in [0.15, 0.2) is 0 Å². The molecule has 2 nitrogen and oxygen atoms in total. The van der Waals surface area contributed by atoms with Crippen molar-refractivity contribution in [1.82, 2.24) is 4.90 Å². The molecule has 19 heavy (non-hydrogen) atoms. The third kappa shape index (κ3) is 2.49. The van der Waals surface area contributed by atoms with E-state index >= 15 is 0 Å². The fraction of sp³-hybridized carbons (Fsp3) is 0.294. The molecular weight excluding hydrogens is 234 g/mol. The molecule has 1 N–H and O–H groups in total. The van der Waals surface area contributed by atoms with E-state index in [0.29, 0.717) is 5.75 Å². The van der Waals surface area contributed by atoms with Gasteiger partial charge < -0.3 is 5.11 Å². The number of fused-ring (bicyclic) bond motifs is 1. The summed E-state index contributed by atoms with van der Waals surface area (Å²) in [6.45, 7) is 4.81. The van der Waals surface area contributed by atoms with Crippen LogP contribution in [0.4, 0.5) is 0 Å². The van der Waals surface area contributed by atoms with Gasteiger partial charge in [0.25, 0.3) is 0 Å². The molecule has 0 atom stereocenters. The lowest BCUT2D eigenvalue weighted by molar-refractivity contribution is 0.242. The highest BCUT2D eigenvalue weighted by Gasteiger charge is 2.17. The summed E-state index contributed by atoms with van der Waals surface area (Å²) in [6, 6.07) is 14.6. The summed E-state index contributed by atoms with van der Waals surface area (Å²) in [5.41, 5.74) is 4.86. The molecule has 1 heterocycles. The second-order valence-electron chi connectivity index (χ2n) is 5.31. The minimum absolute atomic E-state index is 0.446. The van der Waals surface area contributed by atoms with Crippen LogP contribution in [-0.4, -0.2) is 16.6 Å². The second kappa shape index (κ2) is 5.06. The van der Waals surface area contributed by atoms with Crippen LogP contribution in [0.25, 0.3) is 0 Å². The van der Waals surface area contributed by atoms with Crippen molar-refractivity contribution in [1.29, 1.82) is 0 Å². The zero-order valence-electron chi connectivity index (χ0n) is 11.3. The van der Waals surface area contributed by atoms with Crippen LogP contribution in [0.1, 0.15) is 22.3 Å². The number of hydrogen-bond donors (Lipinski definition) is 1. The maximum Gasteiger partial charge on any atom is 0.122 e. The van der Waals surface area contributed by atoms with Crippen LogP contribution in [0, 0.1) is 6.92 Å². The van der Waals surface area contributed by atoms with Gasteiger partial charge in [-0.15, -0.1) is 0 Å². The first-order valence-electron chi connectivity index (χ1n) is 6.80. The highest BCUT2D eigenvalue weighted by atomic mass is 16.3. The van der Waals surface area contributed by atoms with E-state index in [1.54, 1.807) is 0 Å². The van der Waals surface area contributed by atoms with Crippen LogP contribution >= 0.6 is 0 Å². The Balaban J connectivity index is 1.77. The summed E-state index contributed by atoms with van der Waals surface area (Å²) in [5, 5.41) is 10.1. The molecule has 0 aromatic heterocycles. The van der Waals surface area contributed by atoms with Gasteiger partial charge in [0.1, 0.15) is 5.75 Å². The van der Waals surface area contributed by atoms with Crippen molar-refractivity contribution in [2.75, 3.05) is 6.54 Å². The van der Waals surface area contributed by atoms with Crippen LogP contribution < -0.4 is 0 Å². The van der Waals surface area contributed by atoms with Gasteiger partial charge in [0.05, 0.1) is 0 Å². The number of para-hydroxylation sites is 1. The summed E-state index contributed by atoms with van der Waals surface area (Å²) in [7, 11) is 0. The maximum absolute atomic E-state index is 10.1. The van der Waals surface area contributed by atoms with Crippen LogP contribution in [-0.2, 0) is 19.5 Å². The number of hydrogen-bond acceptors (Lipinski definition) is 2. The van der Waals surface area contributed by atoms with E-state index in [9.17, 15) is 5.11 Å². The van der Waals surface area contributed by atoms with Crippen LogP contribution in [0.3, 0.4) is 0 Å². The Morgan fingerprint density at radius 2 is 1.84 bits per heavy atom. The van der Waals surface area contributed by atoms with Crippen LogP contribution in [0.2, 0.25) is 0 Å². The van der Waals surface area contributed by atoms with E-state index in [1.165, 1.54) is 11.1 Å². The Morgan fingerprint density at radius 3 is 2.68 bits per heavy atom. The summed E-state index contributed by atoms with van der Waals surface area (Å²) in [4.78, 5) is 2.40. The third-order valence-electron chi connectivity index (χ3n) is 3.92. The maximum atomic E-state index is 10.1. The zero-order valence-corrected chi connectivity index (χ0v) is 11.3. The second-order valence-corrected chi connectivity index (χ2v) is 5.31. The topological polar surface area (TPSA) is 23.5 Å². The molecule has 2 aromatic rings. The number of nitrogens with zero attached hydrogens (tertiary/aromatic N) is 1. The quantitative estimate of drug-likeness (QED) is 0.888. The van der Waals surface area contributed by atoms with Crippen molar-refractivity contribution in [2.45, 2.75) is 26.4 Å². The third-order valence-corrected chi connectivity index (χ3v) is 3.92. The summed E-state index contributed by atoms with van der Waals surface area (Å²) in [6.07, 6.45) is 1.10. The lowest BCUT2D eigenvalue weighted by atomic mass is 9.99. The van der Waals surface area contributed by atoms with E-state index in [1.807, 2.05) is 25.1 Å². The van der Waals surface area contributed by atoms with Gasteiger partial charge in [-0.3, -0.25) is 4.90 Å². The van der Waals surface area contributed by atoms with E-state index < -0.39 is 0 Å². The molecule has 0 unspecified atom stereocenters. The summed E-state index contributed by atoms with van der Waals surface area (Å²) >= 11 is 0. The fourth-order valence-corrected chi connectivity index (χ4v) is 2.78. The molecule has 2 heteroatoms. The van der Waals surface area contributed by atoms with Gasteiger partial charge in [-0.25, -0.2) is 0 Å². The Bertz CT molecular complexity index is 592. The smallest absolute Gasteiger partial charge is 0.122 e. The molecule has 0 saturated carbocycles. The van der Waals surface area contributed by atoms with Gasteiger partial charge in [-0.05, 0) is 30.0 Å². The molecule has 0 aliphatic carbocycles. The zero-order chi connectivity index (χ0) is 13.2. The molecule has 0 spiro atoms. The largest absolute Gasteiger partial charge is 0.507 e. The minimum atomic E-state index is 0.446. The van der Waals surface area contributed by atoms with Crippen LogP contribution in [0.15, 0.2) is 42.5 Å². The average molecular weight is 253 g/mol. The number of phenolic OH excluding ortho intramolecular Hbond substituents is 1. The number of benzene rings is 2. The highest BCUT2D eigenvalue weighted by molar-refractivity contribution is 5.39. The molecule has 3 rings (SSSR count). The highest BCUT2D eigenvalue weighted by Crippen LogP contribution is 2.25. The van der Waals surface area contributed by atoms with Crippen molar-refractivity contribution >= 4 is 0 Å². The van der Waals surface area contributed by atoms with Gasteiger partial charge in [0.2, 0.25) is 0 Å². The van der Waals surface area contributed by atoms with E-state index in [2.05, 4.69) is 29.2 Å². The predicted molar refractivity (Wildman–Crippen MR) is 77.1 cm³/mol. The molecule has 0 saturated heterocycles. The predicted octanol–water partition coefficient (Wildman–Crippen LogP) is 3.26. The average Bonchev–Trinajstić information content (AvgIpc) is 2.44. The van der Waals surface area contributed by atoms with E-state index in [4.69, 9.17) is 0 Å². The van der Waals surface area contributed by atoms with Gasteiger partial charge in [0, 0.05) is 25.2 Å². The molecule has 0 radical (unpaired) electrons. The monoisotopic (exact) mass is 253 g/mol. The Kier molecular flexibility index (Phi) is 3.26. The molecule has 2 aromatic carbocycles. The molecule has 1 aliphatic heterocycles. The number of phenols is 1. The molecule has 98 valence electrons. The molecule has 1 aliphatic rings. The lowest BCUT2D eigenvalue weighted by Crippen LogP contribution is -2.30. The molecule has 0 bridgehead atoms. The summed E-state index contributed by atoms with van der Waals surface area (Å²) in [5.74, 6) is 0.446. The van der Waals surface area contributed by atoms with Crippen molar-refractivity contribution < 1.29 is 5.11 Å². The number of aromatic hydroxyl groups is 1. The Labute approximate surface area is 114 Å². The minimum Gasteiger partial charge on any atom is -0.507 e. The van der Waals surface area contributed by atoms with Gasteiger partial charge in [-0.2, -0.15) is 0 Å². The SMILES string of the molecule is Cc1cccc(CN2CCc3ccccc3C2)c1O. The Hall–Kier alpha value is -1.80. The first-order chi connectivity index (χ1) is 9.24. The first kappa shape index (κ1) is 12.2. The lowest BCUT2D eigenvalue weighted by Gasteiger charge is -2.29. The molecule has 0 fully saturated rings. The summed E-state index contributed by atoms with van der Waals surface area (Å²) < 4.78 is 0. The van der Waals surface area contributed by atoms with E-state index in [0.717, 1.165) is 37.2 Å². The fourth-order valence-electron chi connectivity index (χ4n) is 2.78. The van der Waals surface area contributed by atoms with Crippen molar-refractivity contribution in [3.63, 3.8) is 0 Å². The van der Waals surface area contributed by atoms with Gasteiger partial charge in [-0.1, -0.05) is 42.5 Å². The molecule has 0 amide bonds. The first-order valence-corrected chi connectivity index (χ1v) is 6.80. The number of rotatable bonds is 2. The standard InChI is InChI=1S/C17H19NO/c1-13-5-4-8-16(17(13)19)12-18-10-9-14-6-2-3-7-15(14)11-18/h2-8,19H,9-12H2,1H3. The van der Waals surface area contributed by atoms with Gasteiger partial charge >= 0.3 is 0 Å². The molecular formula is C17H19NO. The van der Waals surface area contributed by atoms with Crippen LogP contribution in [0.5, 0.6) is 5.75 Å². The normalized spacial score (nSPS) is 15.2. The van der Waals surface area contributed by atoms with E-state index in [-0.39, 0.29) is 0 Å². The van der Waals surface area contributed by atoms with Crippen molar-refractivity contribution in [3.8, 4) is 5.75 Å². The Morgan fingerprint density at radius 1 is 1.05 bits per heavy atom.